The lowest BCUT2D eigenvalue weighted by Gasteiger charge is -2.35. The number of aromatic carboxylic acids is 1. The Morgan fingerprint density at radius 3 is 2.56 bits per heavy atom. The first-order valence-electron chi connectivity index (χ1n) is 8.66. The largest absolute Gasteiger partial charge is 0.476 e. The summed E-state index contributed by atoms with van der Waals surface area (Å²) in [4.78, 5) is 15.1. The Balaban J connectivity index is 2.04. The predicted molar refractivity (Wildman–Crippen MR) is 94.5 cm³/mol. The Hall–Kier alpha value is -2.41. The highest BCUT2D eigenvalue weighted by Gasteiger charge is 2.30. The number of piperidine rings is 1. The summed E-state index contributed by atoms with van der Waals surface area (Å²) in [6.07, 6.45) is 3.59. The van der Waals surface area contributed by atoms with Crippen LogP contribution in [0, 0.1) is 13.8 Å². The van der Waals surface area contributed by atoms with E-state index in [9.17, 15) is 15.0 Å². The molecular formula is C18H24N4O3. The van der Waals surface area contributed by atoms with E-state index in [1.807, 2.05) is 36.9 Å². The number of carboxylic acids is 1. The molecule has 1 unspecified atom stereocenters. The Morgan fingerprint density at radius 1 is 1.20 bits per heavy atom. The van der Waals surface area contributed by atoms with Crippen LogP contribution in [0.3, 0.4) is 0 Å². The molecule has 1 aliphatic heterocycles. The Kier molecular flexibility index (Phi) is 5.03. The molecule has 2 aromatic rings. The number of benzene rings is 1. The van der Waals surface area contributed by atoms with E-state index in [0.29, 0.717) is 12.2 Å². The molecule has 2 N–H and O–H groups in total. The molecule has 0 saturated carbocycles. The minimum absolute atomic E-state index is 0.0380. The van der Waals surface area contributed by atoms with Crippen molar-refractivity contribution in [3.05, 3.63) is 35.0 Å². The highest BCUT2D eigenvalue weighted by molar-refractivity contribution is 5.91. The Morgan fingerprint density at radius 2 is 1.92 bits per heavy atom. The zero-order chi connectivity index (χ0) is 18.0. The number of hydrogen-bond donors (Lipinski definition) is 2. The second-order valence-corrected chi connectivity index (χ2v) is 6.67. The van der Waals surface area contributed by atoms with E-state index in [2.05, 4.69) is 10.2 Å². The second-order valence-electron chi connectivity index (χ2n) is 6.67. The maximum Gasteiger partial charge on any atom is 0.360 e. The van der Waals surface area contributed by atoms with Crippen molar-refractivity contribution in [3.63, 3.8) is 0 Å². The van der Waals surface area contributed by atoms with Gasteiger partial charge in [-0.25, -0.2) is 4.79 Å². The van der Waals surface area contributed by atoms with E-state index in [-0.39, 0.29) is 18.3 Å². The normalized spacial score (nSPS) is 17.7. The lowest BCUT2D eigenvalue weighted by molar-refractivity contribution is 0.0690. The minimum Gasteiger partial charge on any atom is -0.476 e. The summed E-state index contributed by atoms with van der Waals surface area (Å²) in [7, 11) is 0. The fourth-order valence-electron chi connectivity index (χ4n) is 3.54. The van der Waals surface area contributed by atoms with Gasteiger partial charge in [0, 0.05) is 19.2 Å². The topological polar surface area (TPSA) is 91.5 Å². The third kappa shape index (κ3) is 3.66. The molecule has 1 aromatic carbocycles. The van der Waals surface area contributed by atoms with Gasteiger partial charge in [0.1, 0.15) is 0 Å². The summed E-state index contributed by atoms with van der Waals surface area (Å²) < 4.78 is 0. The van der Waals surface area contributed by atoms with E-state index in [4.69, 9.17) is 0 Å². The lowest BCUT2D eigenvalue weighted by atomic mass is 9.99. The predicted octanol–water partition coefficient (Wildman–Crippen LogP) is 2.32. The smallest absolute Gasteiger partial charge is 0.360 e. The fraction of sp³-hybridized carbons (Fsp3) is 0.500. The van der Waals surface area contributed by atoms with E-state index >= 15 is 0 Å². The molecule has 134 valence electrons. The summed E-state index contributed by atoms with van der Waals surface area (Å²) >= 11 is 0. The molecule has 0 amide bonds. The van der Waals surface area contributed by atoms with Crippen molar-refractivity contribution >= 4 is 11.8 Å². The molecule has 0 radical (unpaired) electrons. The molecule has 7 nitrogen and oxygen atoms in total. The van der Waals surface area contributed by atoms with Gasteiger partial charge in [0.25, 0.3) is 0 Å². The van der Waals surface area contributed by atoms with Gasteiger partial charge < -0.3 is 15.1 Å². The summed E-state index contributed by atoms with van der Waals surface area (Å²) in [5, 5.41) is 27.7. The molecule has 1 saturated heterocycles. The van der Waals surface area contributed by atoms with Gasteiger partial charge in [-0.1, -0.05) is 6.07 Å². The lowest BCUT2D eigenvalue weighted by Crippen LogP contribution is -2.41. The third-order valence-corrected chi connectivity index (χ3v) is 4.60. The Bertz CT molecular complexity index is 749. The average Bonchev–Trinajstić information content (AvgIpc) is 3.00. The molecule has 1 atom stereocenters. The van der Waals surface area contributed by atoms with E-state index in [1.54, 1.807) is 0 Å². The van der Waals surface area contributed by atoms with Crippen LogP contribution in [-0.4, -0.2) is 50.4 Å². The number of anilines is 1. The van der Waals surface area contributed by atoms with Crippen LogP contribution in [0.15, 0.2) is 18.2 Å². The first-order chi connectivity index (χ1) is 12.0. The molecule has 3 rings (SSSR count). The van der Waals surface area contributed by atoms with Gasteiger partial charge in [0.15, 0.2) is 5.82 Å². The molecule has 2 heterocycles. The van der Waals surface area contributed by atoms with Gasteiger partial charge in [0.05, 0.1) is 5.69 Å². The standard InChI is InChI=1S/C18H24N4O3/c1-12-9-13(2)11-15(10-12)22-19-16(18(24)25)17(20-22)21-7-4-3-5-14(21)6-8-23/h9-11,14,23H,3-8H2,1-2H3,(H,24,25). The maximum atomic E-state index is 11.7. The van der Waals surface area contributed by atoms with Crippen molar-refractivity contribution in [1.82, 2.24) is 15.0 Å². The van der Waals surface area contributed by atoms with Crippen molar-refractivity contribution in [2.24, 2.45) is 0 Å². The molecule has 1 aromatic heterocycles. The van der Waals surface area contributed by atoms with Crippen LogP contribution >= 0.6 is 0 Å². The highest BCUT2D eigenvalue weighted by atomic mass is 16.4. The van der Waals surface area contributed by atoms with Crippen LogP contribution in [0.1, 0.15) is 47.3 Å². The van der Waals surface area contributed by atoms with Crippen molar-refractivity contribution in [2.75, 3.05) is 18.1 Å². The van der Waals surface area contributed by atoms with Gasteiger partial charge in [-0.3, -0.25) is 0 Å². The van der Waals surface area contributed by atoms with Crippen molar-refractivity contribution in [2.45, 2.75) is 45.6 Å². The van der Waals surface area contributed by atoms with Gasteiger partial charge in [-0.15, -0.1) is 15.0 Å². The molecule has 0 aliphatic carbocycles. The molecule has 1 aliphatic rings. The zero-order valence-corrected chi connectivity index (χ0v) is 14.6. The van der Waals surface area contributed by atoms with E-state index in [0.717, 1.165) is 42.6 Å². The zero-order valence-electron chi connectivity index (χ0n) is 14.6. The number of hydrogen-bond acceptors (Lipinski definition) is 5. The molecule has 0 spiro atoms. The molecule has 7 heteroatoms. The number of carbonyl (C=O) groups is 1. The summed E-state index contributed by atoms with van der Waals surface area (Å²) in [6, 6.07) is 6.02. The van der Waals surface area contributed by atoms with Crippen molar-refractivity contribution in [1.29, 1.82) is 0 Å². The van der Waals surface area contributed by atoms with Gasteiger partial charge in [-0.05, 0) is 62.8 Å². The van der Waals surface area contributed by atoms with Gasteiger partial charge >= 0.3 is 5.97 Å². The number of aromatic nitrogens is 3. The van der Waals surface area contributed by atoms with Crippen LogP contribution in [0.5, 0.6) is 0 Å². The number of nitrogens with zero attached hydrogens (tertiary/aromatic N) is 4. The molecule has 25 heavy (non-hydrogen) atoms. The number of carboxylic acid groups (broad SMARTS) is 1. The number of aryl methyl sites for hydroxylation is 2. The quantitative estimate of drug-likeness (QED) is 0.865. The summed E-state index contributed by atoms with van der Waals surface area (Å²) in [6.45, 7) is 4.78. The summed E-state index contributed by atoms with van der Waals surface area (Å²) in [5.74, 6) is -0.691. The highest BCUT2D eigenvalue weighted by Crippen LogP contribution is 2.28. The van der Waals surface area contributed by atoms with Gasteiger partial charge in [-0.2, -0.15) is 0 Å². The molecular weight excluding hydrogens is 320 g/mol. The number of aliphatic hydroxyl groups is 1. The van der Waals surface area contributed by atoms with Crippen molar-refractivity contribution in [3.8, 4) is 5.69 Å². The molecule has 0 bridgehead atoms. The second kappa shape index (κ2) is 7.23. The monoisotopic (exact) mass is 344 g/mol. The van der Waals surface area contributed by atoms with Crippen LogP contribution in [0.4, 0.5) is 5.82 Å². The fourth-order valence-corrected chi connectivity index (χ4v) is 3.54. The molecule has 1 fully saturated rings. The van der Waals surface area contributed by atoms with Gasteiger partial charge in [0.2, 0.25) is 5.69 Å². The first-order valence-corrected chi connectivity index (χ1v) is 8.66. The minimum atomic E-state index is -1.08. The van der Waals surface area contributed by atoms with Crippen molar-refractivity contribution < 1.29 is 15.0 Å². The summed E-state index contributed by atoms with van der Waals surface area (Å²) in [5.41, 5.74) is 2.86. The van der Waals surface area contributed by atoms with E-state index < -0.39 is 5.97 Å². The van der Waals surface area contributed by atoms with Crippen LogP contribution < -0.4 is 4.90 Å². The van der Waals surface area contributed by atoms with E-state index in [1.165, 1.54) is 4.80 Å². The number of rotatable bonds is 5. The maximum absolute atomic E-state index is 11.7. The third-order valence-electron chi connectivity index (χ3n) is 4.60. The van der Waals surface area contributed by atoms with Crippen LogP contribution in [0.25, 0.3) is 5.69 Å². The average molecular weight is 344 g/mol. The SMILES string of the molecule is Cc1cc(C)cc(-n2nc(C(=O)O)c(N3CCCCC3CCO)n2)c1. The van der Waals surface area contributed by atoms with Crippen LogP contribution in [0.2, 0.25) is 0 Å². The Labute approximate surface area is 146 Å². The van der Waals surface area contributed by atoms with Crippen LogP contribution in [-0.2, 0) is 0 Å². The number of aliphatic hydroxyl groups excluding tert-OH is 1. The first kappa shape index (κ1) is 17.4.